The molecule has 0 spiro atoms. The summed E-state index contributed by atoms with van der Waals surface area (Å²) in [6.45, 7) is 1.10. The summed E-state index contributed by atoms with van der Waals surface area (Å²) in [7, 11) is 0. The summed E-state index contributed by atoms with van der Waals surface area (Å²) < 4.78 is 1.43. The highest BCUT2D eigenvalue weighted by Gasteiger charge is 2.34. The smallest absolute Gasteiger partial charge is 0.352 e. The molecule has 8 heteroatoms. The van der Waals surface area contributed by atoms with Crippen LogP contribution < -0.4 is 0 Å². The van der Waals surface area contributed by atoms with Crippen LogP contribution in [0.3, 0.4) is 0 Å². The Labute approximate surface area is 113 Å². The lowest BCUT2D eigenvalue weighted by Gasteiger charge is -2.35. The number of likely N-dealkylation sites (tertiary alicyclic amines) is 1. The van der Waals surface area contributed by atoms with Crippen molar-refractivity contribution in [3.8, 4) is 0 Å². The molecule has 0 atom stereocenters. The van der Waals surface area contributed by atoms with Crippen LogP contribution in [0, 0.1) is 16.0 Å². The average molecular weight is 276 g/mol. The Hall–Kier alpha value is -2.48. The van der Waals surface area contributed by atoms with Crippen molar-refractivity contribution in [2.45, 2.75) is 6.54 Å². The molecule has 0 saturated carbocycles. The van der Waals surface area contributed by atoms with Gasteiger partial charge in [-0.05, 0) is 11.0 Å². The third kappa shape index (κ3) is 1.99. The molecule has 8 nitrogen and oxygen atoms in total. The van der Waals surface area contributed by atoms with Crippen LogP contribution in [-0.2, 0) is 11.3 Å². The molecular weight excluding hydrogens is 264 g/mol. The molecule has 1 N–H and O–H groups in total. The monoisotopic (exact) mass is 276 g/mol. The van der Waals surface area contributed by atoms with E-state index in [4.69, 9.17) is 5.11 Å². The van der Waals surface area contributed by atoms with Crippen molar-refractivity contribution in [3.05, 3.63) is 40.2 Å². The zero-order valence-electron chi connectivity index (χ0n) is 10.5. The van der Waals surface area contributed by atoms with Gasteiger partial charge in [0.25, 0.3) is 0 Å². The lowest BCUT2D eigenvalue weighted by atomic mass is 10.0. The zero-order valence-corrected chi connectivity index (χ0v) is 10.5. The number of pyridine rings is 1. The summed E-state index contributed by atoms with van der Waals surface area (Å²) in [4.78, 5) is 27.6. The molecule has 20 heavy (non-hydrogen) atoms. The third-order valence-electron chi connectivity index (χ3n) is 3.43. The Morgan fingerprint density at radius 1 is 1.50 bits per heavy atom. The van der Waals surface area contributed by atoms with Gasteiger partial charge in [0.2, 0.25) is 5.65 Å². The maximum Gasteiger partial charge on any atom is 0.352 e. The summed E-state index contributed by atoms with van der Waals surface area (Å²) in [5.74, 6) is -1.27. The van der Waals surface area contributed by atoms with Crippen LogP contribution in [0.2, 0.25) is 0 Å². The van der Waals surface area contributed by atoms with Gasteiger partial charge in [-0.3, -0.25) is 9.69 Å². The molecule has 1 saturated heterocycles. The number of carbonyl (C=O) groups is 1. The van der Waals surface area contributed by atoms with Gasteiger partial charge in [0.05, 0.1) is 12.1 Å². The van der Waals surface area contributed by atoms with Crippen molar-refractivity contribution in [1.29, 1.82) is 0 Å². The first kappa shape index (κ1) is 12.5. The van der Waals surface area contributed by atoms with E-state index in [0.29, 0.717) is 31.0 Å². The second-order valence-electron chi connectivity index (χ2n) is 4.80. The maximum absolute atomic E-state index is 11.2. The van der Waals surface area contributed by atoms with E-state index in [1.165, 1.54) is 4.40 Å². The molecule has 0 aliphatic carbocycles. The zero-order chi connectivity index (χ0) is 14.3. The van der Waals surface area contributed by atoms with Crippen molar-refractivity contribution in [2.24, 2.45) is 5.92 Å². The number of aliphatic carboxylic acids is 1. The molecule has 0 amide bonds. The molecule has 0 bridgehead atoms. The Morgan fingerprint density at radius 2 is 2.25 bits per heavy atom. The molecule has 2 aromatic rings. The number of nitrogens with zero attached hydrogens (tertiary/aromatic N) is 4. The highest BCUT2D eigenvalue weighted by molar-refractivity contribution is 5.71. The molecule has 3 heterocycles. The van der Waals surface area contributed by atoms with Crippen LogP contribution in [0.25, 0.3) is 5.65 Å². The van der Waals surface area contributed by atoms with Crippen molar-refractivity contribution in [2.75, 3.05) is 13.1 Å². The summed E-state index contributed by atoms with van der Waals surface area (Å²) in [6.07, 6.45) is 1.60. The van der Waals surface area contributed by atoms with Crippen LogP contribution in [0.4, 0.5) is 5.82 Å². The predicted octanol–water partition coefficient (Wildman–Crippen LogP) is 0.759. The number of carboxylic acid groups (broad SMARTS) is 1. The first-order valence-electron chi connectivity index (χ1n) is 6.12. The van der Waals surface area contributed by atoms with Gasteiger partial charge in [-0.15, -0.1) is 0 Å². The first-order valence-corrected chi connectivity index (χ1v) is 6.12. The summed E-state index contributed by atoms with van der Waals surface area (Å²) in [6, 6.07) is 5.17. The van der Waals surface area contributed by atoms with Gasteiger partial charge in [-0.2, -0.15) is 4.40 Å². The minimum Gasteiger partial charge on any atom is -0.481 e. The maximum atomic E-state index is 11.2. The van der Waals surface area contributed by atoms with E-state index in [0.717, 1.165) is 0 Å². The predicted molar refractivity (Wildman–Crippen MR) is 68.2 cm³/mol. The van der Waals surface area contributed by atoms with Crippen LogP contribution in [0.1, 0.15) is 5.69 Å². The van der Waals surface area contributed by atoms with E-state index in [1.54, 1.807) is 24.4 Å². The molecule has 104 valence electrons. The first-order chi connectivity index (χ1) is 9.56. The van der Waals surface area contributed by atoms with Crippen molar-refractivity contribution in [1.82, 2.24) is 14.3 Å². The van der Waals surface area contributed by atoms with Crippen molar-refractivity contribution >= 4 is 17.4 Å². The standard InChI is InChI=1S/C12H12N4O4/c17-12(18)8-5-14(6-8)7-9-11(16(19)20)15-4-2-1-3-10(15)13-9/h1-4,8H,5-7H2,(H,17,18). The SMILES string of the molecule is O=C(O)C1CN(Cc2nc3ccccn3c2[N+](=O)[O-])C1. The van der Waals surface area contributed by atoms with Crippen molar-refractivity contribution in [3.63, 3.8) is 0 Å². The molecule has 0 aromatic carbocycles. The Kier molecular flexibility index (Phi) is 2.87. The van der Waals surface area contributed by atoms with E-state index in [2.05, 4.69) is 4.98 Å². The largest absolute Gasteiger partial charge is 0.481 e. The summed E-state index contributed by atoms with van der Waals surface area (Å²) in [5.41, 5.74) is 0.884. The van der Waals surface area contributed by atoms with E-state index < -0.39 is 10.9 Å². The number of hydrogen-bond acceptors (Lipinski definition) is 5. The van der Waals surface area contributed by atoms with Gasteiger partial charge in [0, 0.05) is 25.7 Å². The average Bonchev–Trinajstić information content (AvgIpc) is 2.70. The van der Waals surface area contributed by atoms with E-state index >= 15 is 0 Å². The minimum absolute atomic E-state index is 0.0561. The quantitative estimate of drug-likeness (QED) is 0.653. The molecule has 1 aliphatic rings. The Bertz CT molecular complexity index is 690. The third-order valence-corrected chi connectivity index (χ3v) is 3.43. The second-order valence-corrected chi connectivity index (χ2v) is 4.80. The topological polar surface area (TPSA) is 101 Å². The normalized spacial score (nSPS) is 16.2. The van der Waals surface area contributed by atoms with E-state index in [-0.39, 0.29) is 11.7 Å². The molecule has 0 unspecified atom stereocenters. The van der Waals surface area contributed by atoms with Gasteiger partial charge in [-0.1, -0.05) is 6.07 Å². The fourth-order valence-corrected chi connectivity index (χ4v) is 2.40. The van der Waals surface area contributed by atoms with Gasteiger partial charge >= 0.3 is 11.8 Å². The number of carboxylic acids is 1. The van der Waals surface area contributed by atoms with Gasteiger partial charge in [0.1, 0.15) is 0 Å². The minimum atomic E-state index is -0.828. The Morgan fingerprint density at radius 3 is 2.90 bits per heavy atom. The van der Waals surface area contributed by atoms with Gasteiger partial charge < -0.3 is 15.2 Å². The van der Waals surface area contributed by atoms with E-state index in [1.807, 2.05) is 4.90 Å². The fraction of sp³-hybridized carbons (Fsp3) is 0.333. The van der Waals surface area contributed by atoms with Crippen LogP contribution in [0.5, 0.6) is 0 Å². The molecule has 2 aromatic heterocycles. The van der Waals surface area contributed by atoms with Gasteiger partial charge in [0.15, 0.2) is 5.69 Å². The van der Waals surface area contributed by atoms with Gasteiger partial charge in [-0.25, -0.2) is 4.98 Å². The molecule has 0 radical (unpaired) electrons. The van der Waals surface area contributed by atoms with Crippen LogP contribution >= 0.6 is 0 Å². The highest BCUT2D eigenvalue weighted by atomic mass is 16.6. The number of aromatic nitrogens is 2. The number of imidazole rings is 1. The lowest BCUT2D eigenvalue weighted by molar-refractivity contribution is -0.391. The number of rotatable bonds is 4. The van der Waals surface area contributed by atoms with Crippen molar-refractivity contribution < 1.29 is 14.8 Å². The molecular formula is C12H12N4O4. The summed E-state index contributed by atoms with van der Waals surface area (Å²) in [5, 5.41) is 20.0. The fourth-order valence-electron chi connectivity index (χ4n) is 2.40. The summed E-state index contributed by atoms with van der Waals surface area (Å²) >= 11 is 0. The second kappa shape index (κ2) is 4.57. The molecule has 1 fully saturated rings. The van der Waals surface area contributed by atoms with Crippen LogP contribution in [0.15, 0.2) is 24.4 Å². The number of hydrogen-bond donors (Lipinski definition) is 1. The molecule has 1 aliphatic heterocycles. The number of fused-ring (bicyclic) bond motifs is 1. The highest BCUT2D eigenvalue weighted by Crippen LogP contribution is 2.25. The number of nitro groups is 1. The van der Waals surface area contributed by atoms with Crippen LogP contribution in [-0.4, -0.2) is 43.4 Å². The van der Waals surface area contributed by atoms with E-state index in [9.17, 15) is 14.9 Å². The lowest BCUT2D eigenvalue weighted by Crippen LogP contribution is -2.49. The Balaban J connectivity index is 1.87. The molecule has 3 rings (SSSR count).